The summed E-state index contributed by atoms with van der Waals surface area (Å²) in [7, 11) is 0. The van der Waals surface area contributed by atoms with Gasteiger partial charge in [-0.25, -0.2) is 0 Å². The molecule has 5 nitrogen and oxygen atoms in total. The van der Waals surface area contributed by atoms with Crippen LogP contribution in [0.25, 0.3) is 0 Å². The maximum Gasteiger partial charge on any atom is 0.242 e. The van der Waals surface area contributed by atoms with Gasteiger partial charge in [-0.2, -0.15) is 0 Å². The maximum absolute atomic E-state index is 12.6. The van der Waals surface area contributed by atoms with E-state index in [1.165, 1.54) is 11.1 Å². The second-order valence-corrected chi connectivity index (χ2v) is 6.46. The van der Waals surface area contributed by atoms with Crippen LogP contribution >= 0.6 is 0 Å². The first kappa shape index (κ1) is 16.4. The molecular formula is C18H27N3O2. The van der Waals surface area contributed by atoms with E-state index in [9.17, 15) is 4.79 Å². The van der Waals surface area contributed by atoms with Crippen molar-refractivity contribution in [3.05, 3.63) is 35.4 Å². The standard InChI is InChI=1S/C18H27N3O2/c1-15-5-2-3-6-16(15)13-20-8-4-9-21(11-10-20)18(22)17-14-23-12-7-19-17/h2-3,5-6,17,19H,4,7-14H2,1H3. The Labute approximate surface area is 138 Å². The van der Waals surface area contributed by atoms with Crippen molar-refractivity contribution in [2.24, 2.45) is 0 Å². The third-order valence-electron chi connectivity index (χ3n) is 4.78. The van der Waals surface area contributed by atoms with Crippen LogP contribution in [0.1, 0.15) is 17.5 Å². The Morgan fingerprint density at radius 2 is 2.13 bits per heavy atom. The van der Waals surface area contributed by atoms with Gasteiger partial charge in [0.1, 0.15) is 6.04 Å². The molecule has 126 valence electrons. The highest BCUT2D eigenvalue weighted by molar-refractivity contribution is 5.82. The van der Waals surface area contributed by atoms with Crippen LogP contribution in [0.3, 0.4) is 0 Å². The number of morpholine rings is 1. The smallest absolute Gasteiger partial charge is 0.242 e. The average Bonchev–Trinajstić information content (AvgIpc) is 2.83. The number of amides is 1. The van der Waals surface area contributed by atoms with Crippen molar-refractivity contribution in [3.8, 4) is 0 Å². The van der Waals surface area contributed by atoms with E-state index in [0.717, 1.165) is 45.7 Å². The van der Waals surface area contributed by atoms with Gasteiger partial charge in [-0.05, 0) is 24.5 Å². The molecule has 2 saturated heterocycles. The van der Waals surface area contributed by atoms with Crippen LogP contribution in [-0.4, -0.2) is 67.7 Å². The predicted octanol–water partition coefficient (Wildman–Crippen LogP) is 1.02. The fraction of sp³-hybridized carbons (Fsp3) is 0.611. The molecule has 0 bridgehead atoms. The summed E-state index contributed by atoms with van der Waals surface area (Å²) in [5, 5.41) is 3.27. The summed E-state index contributed by atoms with van der Waals surface area (Å²) in [6.07, 6.45) is 1.03. The Bertz CT molecular complexity index is 529. The van der Waals surface area contributed by atoms with Gasteiger partial charge in [-0.15, -0.1) is 0 Å². The SMILES string of the molecule is Cc1ccccc1CN1CCCN(C(=O)C2COCCN2)CC1. The van der Waals surface area contributed by atoms with Gasteiger partial charge in [-0.1, -0.05) is 24.3 Å². The van der Waals surface area contributed by atoms with Crippen molar-refractivity contribution in [2.45, 2.75) is 25.9 Å². The average molecular weight is 317 g/mol. The number of aryl methyl sites for hydroxylation is 1. The quantitative estimate of drug-likeness (QED) is 0.904. The predicted molar refractivity (Wildman–Crippen MR) is 90.3 cm³/mol. The first-order valence-electron chi connectivity index (χ1n) is 8.61. The molecule has 0 radical (unpaired) electrons. The van der Waals surface area contributed by atoms with Gasteiger partial charge >= 0.3 is 0 Å². The molecule has 0 spiro atoms. The number of hydrogen-bond donors (Lipinski definition) is 1. The Hall–Kier alpha value is -1.43. The zero-order valence-electron chi connectivity index (χ0n) is 14.0. The summed E-state index contributed by atoms with van der Waals surface area (Å²) in [5.74, 6) is 0.197. The Balaban J connectivity index is 1.54. The zero-order chi connectivity index (χ0) is 16.1. The van der Waals surface area contributed by atoms with Crippen LogP contribution in [0.2, 0.25) is 0 Å². The molecular weight excluding hydrogens is 290 g/mol. The summed E-state index contributed by atoms with van der Waals surface area (Å²) in [6.45, 7) is 8.75. The minimum absolute atomic E-state index is 0.160. The third kappa shape index (κ3) is 4.31. The Kier molecular flexibility index (Phi) is 5.65. The number of nitrogens with zero attached hydrogens (tertiary/aromatic N) is 2. The van der Waals surface area contributed by atoms with E-state index < -0.39 is 0 Å². The lowest BCUT2D eigenvalue weighted by molar-refractivity contribution is -0.136. The summed E-state index contributed by atoms with van der Waals surface area (Å²) in [4.78, 5) is 17.1. The first-order chi connectivity index (χ1) is 11.2. The molecule has 5 heteroatoms. The van der Waals surface area contributed by atoms with Crippen LogP contribution < -0.4 is 5.32 Å². The van der Waals surface area contributed by atoms with Crippen LogP contribution in [-0.2, 0) is 16.1 Å². The fourth-order valence-electron chi connectivity index (χ4n) is 3.32. The van der Waals surface area contributed by atoms with Gasteiger partial charge in [0.2, 0.25) is 5.91 Å². The van der Waals surface area contributed by atoms with E-state index in [4.69, 9.17) is 4.74 Å². The Morgan fingerprint density at radius 1 is 1.26 bits per heavy atom. The largest absolute Gasteiger partial charge is 0.378 e. The van der Waals surface area contributed by atoms with Crippen molar-refractivity contribution in [1.82, 2.24) is 15.1 Å². The number of benzene rings is 1. The minimum atomic E-state index is -0.160. The summed E-state index contributed by atoms with van der Waals surface area (Å²) >= 11 is 0. The molecule has 1 unspecified atom stereocenters. The van der Waals surface area contributed by atoms with Gasteiger partial charge in [0.05, 0.1) is 13.2 Å². The van der Waals surface area contributed by atoms with E-state index in [1.807, 2.05) is 4.90 Å². The Morgan fingerprint density at radius 3 is 2.91 bits per heavy atom. The van der Waals surface area contributed by atoms with Crippen LogP contribution in [0.4, 0.5) is 0 Å². The van der Waals surface area contributed by atoms with Crippen molar-refractivity contribution in [2.75, 3.05) is 45.9 Å². The molecule has 3 rings (SSSR count). The normalized spacial score (nSPS) is 23.5. The second-order valence-electron chi connectivity index (χ2n) is 6.46. The molecule has 0 aromatic heterocycles. The van der Waals surface area contributed by atoms with Gasteiger partial charge in [0.25, 0.3) is 0 Å². The molecule has 2 heterocycles. The molecule has 1 aromatic rings. The third-order valence-corrected chi connectivity index (χ3v) is 4.78. The summed E-state index contributed by atoms with van der Waals surface area (Å²) < 4.78 is 5.42. The molecule has 1 atom stereocenters. The first-order valence-corrected chi connectivity index (χ1v) is 8.61. The summed E-state index contributed by atoms with van der Waals surface area (Å²) in [5.41, 5.74) is 2.72. The number of nitrogens with one attached hydrogen (secondary N) is 1. The van der Waals surface area contributed by atoms with Crippen molar-refractivity contribution in [1.29, 1.82) is 0 Å². The van der Waals surface area contributed by atoms with E-state index in [2.05, 4.69) is 41.4 Å². The van der Waals surface area contributed by atoms with Gasteiger partial charge in [0, 0.05) is 39.3 Å². The van der Waals surface area contributed by atoms with Gasteiger partial charge in [0.15, 0.2) is 0 Å². The molecule has 2 fully saturated rings. The number of ether oxygens (including phenoxy) is 1. The molecule has 1 aromatic carbocycles. The maximum atomic E-state index is 12.6. The van der Waals surface area contributed by atoms with Crippen LogP contribution in [0.15, 0.2) is 24.3 Å². The monoisotopic (exact) mass is 317 g/mol. The fourth-order valence-corrected chi connectivity index (χ4v) is 3.32. The van der Waals surface area contributed by atoms with E-state index >= 15 is 0 Å². The molecule has 2 aliphatic heterocycles. The van der Waals surface area contributed by atoms with Gasteiger partial charge in [-0.3, -0.25) is 9.69 Å². The van der Waals surface area contributed by atoms with E-state index in [1.54, 1.807) is 0 Å². The number of carbonyl (C=O) groups excluding carboxylic acids is 1. The van der Waals surface area contributed by atoms with E-state index in [-0.39, 0.29) is 11.9 Å². The molecule has 23 heavy (non-hydrogen) atoms. The molecule has 1 N–H and O–H groups in total. The molecule has 1 amide bonds. The zero-order valence-corrected chi connectivity index (χ0v) is 14.0. The van der Waals surface area contributed by atoms with Crippen LogP contribution in [0, 0.1) is 6.92 Å². The minimum Gasteiger partial charge on any atom is -0.378 e. The molecule has 2 aliphatic rings. The molecule has 0 saturated carbocycles. The van der Waals surface area contributed by atoms with Crippen molar-refractivity contribution >= 4 is 5.91 Å². The van der Waals surface area contributed by atoms with Crippen molar-refractivity contribution in [3.63, 3.8) is 0 Å². The lowest BCUT2D eigenvalue weighted by atomic mass is 10.1. The van der Waals surface area contributed by atoms with E-state index in [0.29, 0.717) is 13.2 Å². The number of hydrogen-bond acceptors (Lipinski definition) is 4. The lowest BCUT2D eigenvalue weighted by Crippen LogP contribution is -2.53. The van der Waals surface area contributed by atoms with Crippen LogP contribution in [0.5, 0.6) is 0 Å². The number of carbonyl (C=O) groups is 1. The number of rotatable bonds is 3. The highest BCUT2D eigenvalue weighted by Gasteiger charge is 2.27. The summed E-state index contributed by atoms with van der Waals surface area (Å²) in [6, 6.07) is 8.39. The highest BCUT2D eigenvalue weighted by Crippen LogP contribution is 2.13. The topological polar surface area (TPSA) is 44.8 Å². The second kappa shape index (κ2) is 7.90. The van der Waals surface area contributed by atoms with Gasteiger partial charge < -0.3 is 15.0 Å². The lowest BCUT2D eigenvalue weighted by Gasteiger charge is -2.29. The highest BCUT2D eigenvalue weighted by atomic mass is 16.5. The van der Waals surface area contributed by atoms with Crippen molar-refractivity contribution < 1.29 is 9.53 Å². The molecule has 0 aliphatic carbocycles.